The summed E-state index contributed by atoms with van der Waals surface area (Å²) in [5.74, 6) is 0.810. The Kier molecular flexibility index (Phi) is 3.07. The molecule has 0 saturated heterocycles. The quantitative estimate of drug-likeness (QED) is 0.744. The zero-order valence-electron chi connectivity index (χ0n) is 12.3. The van der Waals surface area contributed by atoms with Gasteiger partial charge in [0, 0.05) is 18.0 Å². The van der Waals surface area contributed by atoms with Gasteiger partial charge in [0.2, 0.25) is 0 Å². The third-order valence-electron chi connectivity index (χ3n) is 4.58. The standard InChI is InChI=1S/C19H17NO2/c21-18-15-7-1-2-8-17(15)22-19(9-3-4-10-19)16(18)12-14-6-5-11-20-13-14/h1-2,5-8,11-13H,3-4,9-10H2/b16-12-. The Morgan fingerprint density at radius 2 is 1.91 bits per heavy atom. The van der Waals surface area contributed by atoms with Crippen LogP contribution in [0.1, 0.15) is 41.6 Å². The van der Waals surface area contributed by atoms with E-state index in [0.717, 1.165) is 42.6 Å². The van der Waals surface area contributed by atoms with E-state index in [1.165, 1.54) is 0 Å². The van der Waals surface area contributed by atoms with Crippen molar-refractivity contribution in [3.8, 4) is 5.75 Å². The van der Waals surface area contributed by atoms with Crippen LogP contribution in [0.15, 0.2) is 54.4 Å². The molecule has 2 aliphatic rings. The molecule has 0 atom stereocenters. The smallest absolute Gasteiger partial charge is 0.196 e. The lowest BCUT2D eigenvalue weighted by atomic mass is 9.82. The first-order valence-corrected chi connectivity index (χ1v) is 7.73. The molecular formula is C19H17NO2. The number of para-hydroxylation sites is 1. The summed E-state index contributed by atoms with van der Waals surface area (Å²) in [6.07, 6.45) is 9.47. The highest BCUT2D eigenvalue weighted by molar-refractivity contribution is 6.15. The third-order valence-corrected chi connectivity index (χ3v) is 4.58. The Morgan fingerprint density at radius 3 is 2.68 bits per heavy atom. The van der Waals surface area contributed by atoms with Crippen molar-refractivity contribution in [2.45, 2.75) is 31.3 Å². The molecule has 0 unspecified atom stereocenters. The van der Waals surface area contributed by atoms with Crippen LogP contribution in [0, 0.1) is 0 Å². The molecule has 1 spiro atoms. The second-order valence-electron chi connectivity index (χ2n) is 5.97. The van der Waals surface area contributed by atoms with Gasteiger partial charge in [-0.25, -0.2) is 0 Å². The van der Waals surface area contributed by atoms with Gasteiger partial charge >= 0.3 is 0 Å². The lowest BCUT2D eigenvalue weighted by Gasteiger charge is -2.37. The number of benzene rings is 1. The summed E-state index contributed by atoms with van der Waals surface area (Å²) in [6.45, 7) is 0. The SMILES string of the molecule is O=C1/C(=C/c2cccnc2)C2(CCCC2)Oc2ccccc21. The van der Waals surface area contributed by atoms with E-state index in [1.54, 1.807) is 12.4 Å². The molecule has 1 fully saturated rings. The number of ketones is 1. The molecule has 4 rings (SSSR count). The minimum absolute atomic E-state index is 0.0904. The summed E-state index contributed by atoms with van der Waals surface area (Å²) in [4.78, 5) is 17.2. The molecule has 1 saturated carbocycles. The zero-order valence-corrected chi connectivity index (χ0v) is 12.3. The summed E-state index contributed by atoms with van der Waals surface area (Å²) in [7, 11) is 0. The molecular weight excluding hydrogens is 274 g/mol. The number of Topliss-reactive ketones (excluding diaryl/α,β-unsaturated/α-hetero) is 1. The molecule has 2 aromatic rings. The molecule has 1 aliphatic carbocycles. The van der Waals surface area contributed by atoms with Crippen LogP contribution in [0.5, 0.6) is 5.75 Å². The van der Waals surface area contributed by atoms with Crippen LogP contribution < -0.4 is 4.74 Å². The zero-order chi connectivity index (χ0) is 15.0. The molecule has 1 aromatic heterocycles. The van der Waals surface area contributed by atoms with Gasteiger partial charge in [0.25, 0.3) is 0 Å². The molecule has 1 aliphatic heterocycles. The van der Waals surface area contributed by atoms with Gasteiger partial charge in [0.15, 0.2) is 5.78 Å². The number of aromatic nitrogens is 1. The van der Waals surface area contributed by atoms with Crippen molar-refractivity contribution in [1.82, 2.24) is 4.98 Å². The average molecular weight is 291 g/mol. The molecule has 110 valence electrons. The van der Waals surface area contributed by atoms with E-state index in [1.807, 2.05) is 42.5 Å². The van der Waals surface area contributed by atoms with Crippen LogP contribution in [-0.2, 0) is 0 Å². The first-order chi connectivity index (χ1) is 10.8. The number of rotatable bonds is 1. The van der Waals surface area contributed by atoms with Gasteiger partial charge in [-0.2, -0.15) is 0 Å². The fourth-order valence-electron chi connectivity index (χ4n) is 3.50. The molecule has 2 heterocycles. The van der Waals surface area contributed by atoms with Gasteiger partial charge in [-0.15, -0.1) is 0 Å². The number of fused-ring (bicyclic) bond motifs is 1. The molecule has 0 amide bonds. The second-order valence-corrected chi connectivity index (χ2v) is 5.97. The predicted octanol–water partition coefficient (Wildman–Crippen LogP) is 4.05. The lowest BCUT2D eigenvalue weighted by Crippen LogP contribution is -2.42. The highest BCUT2D eigenvalue weighted by atomic mass is 16.5. The van der Waals surface area contributed by atoms with E-state index in [2.05, 4.69) is 4.98 Å². The maximum Gasteiger partial charge on any atom is 0.196 e. The number of nitrogens with zero attached hydrogens (tertiary/aromatic N) is 1. The minimum Gasteiger partial charge on any atom is -0.482 e. The number of carbonyl (C=O) groups excluding carboxylic acids is 1. The van der Waals surface area contributed by atoms with Crippen molar-refractivity contribution in [3.05, 3.63) is 65.5 Å². The van der Waals surface area contributed by atoms with Crippen LogP contribution >= 0.6 is 0 Å². The van der Waals surface area contributed by atoms with Gasteiger partial charge in [-0.3, -0.25) is 9.78 Å². The van der Waals surface area contributed by atoms with E-state index < -0.39 is 5.60 Å². The highest BCUT2D eigenvalue weighted by Crippen LogP contribution is 2.46. The van der Waals surface area contributed by atoms with Crippen molar-refractivity contribution < 1.29 is 9.53 Å². The minimum atomic E-state index is -0.457. The molecule has 3 heteroatoms. The second kappa shape index (κ2) is 5.09. The monoisotopic (exact) mass is 291 g/mol. The lowest BCUT2D eigenvalue weighted by molar-refractivity contribution is 0.0764. The normalized spacial score (nSPS) is 20.9. The first kappa shape index (κ1) is 13.3. The molecule has 0 bridgehead atoms. The van der Waals surface area contributed by atoms with Crippen molar-refractivity contribution in [2.75, 3.05) is 0 Å². The maximum atomic E-state index is 13.0. The van der Waals surface area contributed by atoms with Gasteiger partial charge in [0.05, 0.1) is 5.56 Å². The van der Waals surface area contributed by atoms with E-state index >= 15 is 0 Å². The average Bonchev–Trinajstić information content (AvgIpc) is 3.02. The molecule has 0 N–H and O–H groups in total. The van der Waals surface area contributed by atoms with Crippen molar-refractivity contribution in [1.29, 1.82) is 0 Å². The van der Waals surface area contributed by atoms with Crippen molar-refractivity contribution in [3.63, 3.8) is 0 Å². The molecule has 3 nitrogen and oxygen atoms in total. The van der Waals surface area contributed by atoms with Crippen LogP contribution in [0.3, 0.4) is 0 Å². The topological polar surface area (TPSA) is 39.2 Å². The fourth-order valence-corrected chi connectivity index (χ4v) is 3.50. The Labute approximate surface area is 129 Å². The van der Waals surface area contributed by atoms with E-state index in [9.17, 15) is 4.79 Å². The number of ether oxygens (including phenoxy) is 1. The third kappa shape index (κ3) is 2.05. The van der Waals surface area contributed by atoms with Gasteiger partial charge in [0.1, 0.15) is 11.4 Å². The molecule has 22 heavy (non-hydrogen) atoms. The Balaban J connectivity index is 1.87. The summed E-state index contributed by atoms with van der Waals surface area (Å²) in [6, 6.07) is 11.4. The number of carbonyl (C=O) groups is 1. The molecule has 0 radical (unpaired) electrons. The first-order valence-electron chi connectivity index (χ1n) is 7.73. The van der Waals surface area contributed by atoms with Gasteiger partial charge in [-0.1, -0.05) is 18.2 Å². The van der Waals surface area contributed by atoms with Crippen molar-refractivity contribution in [2.24, 2.45) is 0 Å². The highest BCUT2D eigenvalue weighted by Gasteiger charge is 2.46. The Hall–Kier alpha value is -2.42. The summed E-state index contributed by atoms with van der Waals surface area (Å²) in [5.41, 5.74) is 1.92. The number of hydrogen-bond acceptors (Lipinski definition) is 3. The Morgan fingerprint density at radius 1 is 1.09 bits per heavy atom. The van der Waals surface area contributed by atoms with Crippen LogP contribution in [0.4, 0.5) is 0 Å². The van der Waals surface area contributed by atoms with Gasteiger partial charge in [-0.05, 0) is 55.5 Å². The van der Waals surface area contributed by atoms with Crippen LogP contribution in [0.2, 0.25) is 0 Å². The van der Waals surface area contributed by atoms with E-state index in [0.29, 0.717) is 5.56 Å². The Bertz CT molecular complexity index is 743. The van der Waals surface area contributed by atoms with Crippen LogP contribution in [0.25, 0.3) is 6.08 Å². The van der Waals surface area contributed by atoms with E-state index in [4.69, 9.17) is 4.74 Å². The number of pyridine rings is 1. The summed E-state index contributed by atoms with van der Waals surface area (Å²) < 4.78 is 6.33. The van der Waals surface area contributed by atoms with E-state index in [-0.39, 0.29) is 5.78 Å². The molecule has 1 aromatic carbocycles. The number of hydrogen-bond donors (Lipinski definition) is 0. The predicted molar refractivity (Wildman–Crippen MR) is 84.8 cm³/mol. The van der Waals surface area contributed by atoms with Gasteiger partial charge < -0.3 is 4.74 Å². The summed E-state index contributed by atoms with van der Waals surface area (Å²) in [5, 5.41) is 0. The van der Waals surface area contributed by atoms with Crippen molar-refractivity contribution >= 4 is 11.9 Å². The fraction of sp³-hybridized carbons (Fsp3) is 0.263. The maximum absolute atomic E-state index is 13.0. The summed E-state index contributed by atoms with van der Waals surface area (Å²) >= 11 is 0. The van der Waals surface area contributed by atoms with Crippen LogP contribution in [-0.4, -0.2) is 16.4 Å². The largest absolute Gasteiger partial charge is 0.482 e.